The van der Waals surface area contributed by atoms with E-state index in [1.807, 2.05) is 43.3 Å². The number of ether oxygens (including phenoxy) is 2. The van der Waals surface area contributed by atoms with Gasteiger partial charge < -0.3 is 19.4 Å². The van der Waals surface area contributed by atoms with Crippen molar-refractivity contribution in [2.75, 3.05) is 6.79 Å². The third-order valence-electron chi connectivity index (χ3n) is 4.49. The van der Waals surface area contributed by atoms with E-state index < -0.39 is 0 Å². The van der Waals surface area contributed by atoms with E-state index in [1.54, 1.807) is 0 Å². The Bertz CT molecular complexity index is 986. The standard InChI is InChI=1S/C20H21N3O3S/c1-3-23-16-7-5-4-6-15(16)22-20(23)27-13(2)19(24)21-11-14-8-9-17-18(10-14)26-12-25-17/h4-10,13H,3,11-12H2,1-2H3,(H,21,24). The van der Waals surface area contributed by atoms with Crippen LogP contribution in [0.1, 0.15) is 19.4 Å². The number of amides is 1. The van der Waals surface area contributed by atoms with Crippen LogP contribution in [0.25, 0.3) is 11.0 Å². The van der Waals surface area contributed by atoms with Crippen LogP contribution >= 0.6 is 11.8 Å². The van der Waals surface area contributed by atoms with E-state index in [9.17, 15) is 4.79 Å². The summed E-state index contributed by atoms with van der Waals surface area (Å²) >= 11 is 1.48. The van der Waals surface area contributed by atoms with Crippen molar-refractivity contribution in [2.24, 2.45) is 0 Å². The molecule has 0 saturated carbocycles. The average molecular weight is 383 g/mol. The lowest BCUT2D eigenvalue weighted by Crippen LogP contribution is -2.30. The SMILES string of the molecule is CCn1c(SC(C)C(=O)NCc2ccc3c(c2)OCO3)nc2ccccc21. The van der Waals surface area contributed by atoms with Crippen LogP contribution < -0.4 is 14.8 Å². The molecule has 0 bridgehead atoms. The van der Waals surface area contributed by atoms with Gasteiger partial charge in [0.15, 0.2) is 16.7 Å². The lowest BCUT2D eigenvalue weighted by molar-refractivity contribution is -0.120. The lowest BCUT2D eigenvalue weighted by atomic mass is 10.2. The summed E-state index contributed by atoms with van der Waals surface area (Å²) in [6.45, 7) is 5.50. The number of para-hydroxylation sites is 2. The Morgan fingerprint density at radius 2 is 2.07 bits per heavy atom. The smallest absolute Gasteiger partial charge is 0.233 e. The number of nitrogens with zero attached hydrogens (tertiary/aromatic N) is 2. The number of fused-ring (bicyclic) bond motifs is 2. The summed E-state index contributed by atoms with van der Waals surface area (Å²) in [7, 11) is 0. The summed E-state index contributed by atoms with van der Waals surface area (Å²) in [4.78, 5) is 17.2. The summed E-state index contributed by atoms with van der Waals surface area (Å²) in [6.07, 6.45) is 0. The molecule has 2 aromatic carbocycles. The van der Waals surface area contributed by atoms with Gasteiger partial charge in [-0.2, -0.15) is 0 Å². The third kappa shape index (κ3) is 3.60. The molecular formula is C20H21N3O3S. The first-order valence-electron chi connectivity index (χ1n) is 8.94. The first-order chi connectivity index (χ1) is 13.2. The molecule has 0 fully saturated rings. The maximum Gasteiger partial charge on any atom is 0.233 e. The minimum Gasteiger partial charge on any atom is -0.454 e. The zero-order valence-electron chi connectivity index (χ0n) is 15.3. The molecule has 7 heteroatoms. The Kier molecular flexibility index (Phi) is 4.94. The highest BCUT2D eigenvalue weighted by atomic mass is 32.2. The number of imidazole rings is 1. The lowest BCUT2D eigenvalue weighted by Gasteiger charge is -2.13. The zero-order chi connectivity index (χ0) is 18.8. The van der Waals surface area contributed by atoms with E-state index in [2.05, 4.69) is 27.9 Å². The first-order valence-corrected chi connectivity index (χ1v) is 9.82. The normalized spacial score (nSPS) is 13.7. The van der Waals surface area contributed by atoms with Gasteiger partial charge in [0, 0.05) is 13.1 Å². The Morgan fingerprint density at radius 1 is 1.26 bits per heavy atom. The van der Waals surface area contributed by atoms with Crippen LogP contribution in [0.15, 0.2) is 47.6 Å². The van der Waals surface area contributed by atoms with E-state index in [4.69, 9.17) is 9.47 Å². The summed E-state index contributed by atoms with van der Waals surface area (Å²) < 4.78 is 12.8. The summed E-state index contributed by atoms with van der Waals surface area (Å²) in [6, 6.07) is 13.7. The Hall–Kier alpha value is -2.67. The Labute approximate surface area is 161 Å². The summed E-state index contributed by atoms with van der Waals surface area (Å²) in [5, 5.41) is 3.60. The highest BCUT2D eigenvalue weighted by Gasteiger charge is 2.19. The van der Waals surface area contributed by atoms with E-state index in [-0.39, 0.29) is 18.0 Å². The second-order valence-corrected chi connectivity index (χ2v) is 7.60. The van der Waals surface area contributed by atoms with Crippen LogP contribution in [-0.2, 0) is 17.9 Å². The molecule has 1 aromatic heterocycles. The number of aromatic nitrogens is 2. The number of aryl methyl sites for hydroxylation is 1. The molecule has 6 nitrogen and oxygen atoms in total. The number of hydrogen-bond donors (Lipinski definition) is 1. The minimum absolute atomic E-state index is 0.0209. The molecule has 1 N–H and O–H groups in total. The number of carbonyl (C=O) groups excluding carboxylic acids is 1. The van der Waals surface area contributed by atoms with Crippen molar-refractivity contribution in [3.05, 3.63) is 48.0 Å². The largest absolute Gasteiger partial charge is 0.454 e. The molecule has 1 aliphatic rings. The second kappa shape index (κ2) is 7.52. The third-order valence-corrected chi connectivity index (χ3v) is 5.58. The number of rotatable bonds is 6. The second-order valence-electron chi connectivity index (χ2n) is 6.29. The van der Waals surface area contributed by atoms with Crippen molar-refractivity contribution >= 4 is 28.7 Å². The minimum atomic E-state index is -0.249. The van der Waals surface area contributed by atoms with E-state index in [0.29, 0.717) is 6.54 Å². The van der Waals surface area contributed by atoms with E-state index >= 15 is 0 Å². The van der Waals surface area contributed by atoms with Gasteiger partial charge in [-0.25, -0.2) is 4.98 Å². The van der Waals surface area contributed by atoms with Gasteiger partial charge in [0.1, 0.15) is 0 Å². The Morgan fingerprint density at radius 3 is 2.93 bits per heavy atom. The molecule has 1 atom stereocenters. The van der Waals surface area contributed by atoms with Crippen LogP contribution in [0.3, 0.4) is 0 Å². The maximum atomic E-state index is 12.5. The molecule has 1 amide bonds. The van der Waals surface area contributed by atoms with Gasteiger partial charge in [-0.1, -0.05) is 30.0 Å². The molecule has 4 rings (SSSR count). The van der Waals surface area contributed by atoms with Crippen LogP contribution in [0.5, 0.6) is 11.5 Å². The van der Waals surface area contributed by atoms with Crippen molar-refractivity contribution in [1.29, 1.82) is 0 Å². The van der Waals surface area contributed by atoms with E-state index in [0.717, 1.165) is 39.8 Å². The molecule has 1 unspecified atom stereocenters. The molecular weight excluding hydrogens is 362 g/mol. The number of carbonyl (C=O) groups is 1. The number of benzene rings is 2. The van der Waals surface area contributed by atoms with Gasteiger partial charge in [-0.15, -0.1) is 0 Å². The predicted octanol–water partition coefficient (Wildman–Crippen LogP) is 3.58. The van der Waals surface area contributed by atoms with Crippen molar-refractivity contribution in [3.8, 4) is 11.5 Å². The molecule has 1 aliphatic heterocycles. The maximum absolute atomic E-state index is 12.5. The van der Waals surface area contributed by atoms with Gasteiger partial charge in [0.2, 0.25) is 12.7 Å². The molecule has 2 heterocycles. The fourth-order valence-corrected chi connectivity index (χ4v) is 4.06. The zero-order valence-corrected chi connectivity index (χ0v) is 16.1. The van der Waals surface area contributed by atoms with Crippen LogP contribution in [0, 0.1) is 0 Å². The molecule has 0 saturated heterocycles. The molecule has 0 spiro atoms. The molecule has 140 valence electrons. The topological polar surface area (TPSA) is 65.4 Å². The van der Waals surface area contributed by atoms with Gasteiger partial charge in [0.25, 0.3) is 0 Å². The van der Waals surface area contributed by atoms with E-state index in [1.165, 1.54) is 11.8 Å². The first kappa shape index (κ1) is 17.7. The summed E-state index contributed by atoms with van der Waals surface area (Å²) in [5.74, 6) is 1.45. The van der Waals surface area contributed by atoms with Crippen molar-refractivity contribution in [3.63, 3.8) is 0 Å². The Balaban J connectivity index is 1.41. The highest BCUT2D eigenvalue weighted by molar-refractivity contribution is 8.00. The molecule has 27 heavy (non-hydrogen) atoms. The van der Waals surface area contributed by atoms with Crippen molar-refractivity contribution in [1.82, 2.24) is 14.9 Å². The van der Waals surface area contributed by atoms with Gasteiger partial charge in [-0.3, -0.25) is 4.79 Å². The summed E-state index contributed by atoms with van der Waals surface area (Å²) in [5.41, 5.74) is 3.02. The average Bonchev–Trinajstić information content (AvgIpc) is 3.29. The number of hydrogen-bond acceptors (Lipinski definition) is 5. The van der Waals surface area contributed by atoms with Gasteiger partial charge in [-0.05, 0) is 43.7 Å². The number of nitrogens with one attached hydrogen (secondary N) is 1. The highest BCUT2D eigenvalue weighted by Crippen LogP contribution is 2.32. The molecule has 3 aromatic rings. The molecule has 0 radical (unpaired) electrons. The fraction of sp³-hybridized carbons (Fsp3) is 0.300. The van der Waals surface area contributed by atoms with Gasteiger partial charge in [0.05, 0.1) is 16.3 Å². The fourth-order valence-electron chi connectivity index (χ4n) is 3.04. The number of thioether (sulfide) groups is 1. The predicted molar refractivity (Wildman–Crippen MR) is 105 cm³/mol. The molecule has 0 aliphatic carbocycles. The van der Waals surface area contributed by atoms with Crippen LogP contribution in [0.2, 0.25) is 0 Å². The monoisotopic (exact) mass is 383 g/mol. The van der Waals surface area contributed by atoms with Crippen LogP contribution in [-0.4, -0.2) is 27.5 Å². The quantitative estimate of drug-likeness (QED) is 0.659. The van der Waals surface area contributed by atoms with Crippen LogP contribution in [0.4, 0.5) is 0 Å². The van der Waals surface area contributed by atoms with Gasteiger partial charge >= 0.3 is 0 Å². The van der Waals surface area contributed by atoms with Crippen molar-refractivity contribution < 1.29 is 14.3 Å². The van der Waals surface area contributed by atoms with Crippen molar-refractivity contribution in [2.45, 2.75) is 37.3 Å².